The van der Waals surface area contributed by atoms with Crippen LogP contribution in [0.15, 0.2) is 58.1 Å². The topological polar surface area (TPSA) is 67.6 Å². The highest BCUT2D eigenvalue weighted by Gasteiger charge is 2.23. The third-order valence-electron chi connectivity index (χ3n) is 5.37. The van der Waals surface area contributed by atoms with Crippen LogP contribution in [-0.4, -0.2) is 46.1 Å². The molecule has 0 atom stereocenters. The molecule has 0 radical (unpaired) electrons. The number of hydrogen-bond acceptors (Lipinski definition) is 4. The Bertz CT molecular complexity index is 1180. The first-order valence-corrected chi connectivity index (χ1v) is 9.42. The van der Waals surface area contributed by atoms with E-state index in [4.69, 9.17) is 0 Å². The number of carbonyl (C=O) groups is 1. The van der Waals surface area contributed by atoms with Gasteiger partial charge in [-0.25, -0.2) is 9.18 Å². The normalized spacial score (nSPS) is 14.4. The number of amides is 1. The van der Waals surface area contributed by atoms with Crippen LogP contribution < -0.4 is 16.1 Å². The predicted octanol–water partition coefficient (Wildman–Crippen LogP) is 1.19. The lowest BCUT2D eigenvalue weighted by atomic mass is 10.2. The minimum Gasteiger partial charge on any atom is -0.368 e. The van der Waals surface area contributed by atoms with E-state index in [1.54, 1.807) is 41.3 Å². The predicted molar refractivity (Wildman–Crippen MR) is 109 cm³/mol. The molecule has 1 saturated heterocycles. The molecule has 150 valence electrons. The second-order valence-corrected chi connectivity index (χ2v) is 7.09. The molecular weight excluding hydrogens is 375 g/mol. The molecule has 3 aromatic rings. The van der Waals surface area contributed by atoms with Gasteiger partial charge in [-0.15, -0.1) is 0 Å². The van der Waals surface area contributed by atoms with Crippen molar-refractivity contribution in [3.63, 3.8) is 0 Å². The van der Waals surface area contributed by atoms with Gasteiger partial charge in [0, 0.05) is 38.9 Å². The van der Waals surface area contributed by atoms with Crippen molar-refractivity contribution >= 4 is 22.5 Å². The number of para-hydroxylation sites is 1. The zero-order valence-corrected chi connectivity index (χ0v) is 16.0. The van der Waals surface area contributed by atoms with Gasteiger partial charge in [-0.3, -0.25) is 18.7 Å². The third kappa shape index (κ3) is 3.53. The largest absolute Gasteiger partial charge is 0.368 e. The van der Waals surface area contributed by atoms with E-state index in [2.05, 4.69) is 4.90 Å². The first kappa shape index (κ1) is 18.9. The number of piperazine rings is 1. The molecule has 29 heavy (non-hydrogen) atoms. The van der Waals surface area contributed by atoms with Crippen LogP contribution in [-0.2, 0) is 18.4 Å². The molecule has 7 nitrogen and oxygen atoms in total. The summed E-state index contributed by atoms with van der Waals surface area (Å²) in [6.07, 6.45) is 0. The quantitative estimate of drug-likeness (QED) is 0.667. The van der Waals surface area contributed by atoms with Crippen LogP contribution in [0.3, 0.4) is 0 Å². The van der Waals surface area contributed by atoms with Crippen molar-refractivity contribution in [3.05, 3.63) is 75.2 Å². The Balaban J connectivity index is 1.52. The van der Waals surface area contributed by atoms with E-state index < -0.39 is 5.69 Å². The molecule has 1 aromatic heterocycles. The zero-order chi connectivity index (χ0) is 20.5. The molecular formula is C21H21FN4O3. The van der Waals surface area contributed by atoms with Crippen LogP contribution in [0.4, 0.5) is 10.1 Å². The summed E-state index contributed by atoms with van der Waals surface area (Å²) in [5.74, 6) is -0.452. The second-order valence-electron chi connectivity index (χ2n) is 7.09. The van der Waals surface area contributed by atoms with E-state index in [1.165, 1.54) is 23.7 Å². The van der Waals surface area contributed by atoms with Crippen molar-refractivity contribution in [1.82, 2.24) is 14.0 Å². The SMILES string of the molecule is Cn1c(=O)c2ccccc2n(CC(=O)N2CCN(c3ccc(F)cc3)CC2)c1=O. The second kappa shape index (κ2) is 7.54. The summed E-state index contributed by atoms with van der Waals surface area (Å²) < 4.78 is 15.5. The molecule has 1 amide bonds. The number of fused-ring (bicyclic) bond motifs is 1. The minimum atomic E-state index is -0.507. The van der Waals surface area contributed by atoms with Crippen molar-refractivity contribution in [1.29, 1.82) is 0 Å². The Hall–Kier alpha value is -3.42. The molecule has 0 aliphatic carbocycles. The summed E-state index contributed by atoms with van der Waals surface area (Å²) in [5.41, 5.74) is 0.492. The van der Waals surface area contributed by atoms with Gasteiger partial charge in [-0.05, 0) is 36.4 Å². The number of hydrogen-bond donors (Lipinski definition) is 0. The van der Waals surface area contributed by atoms with Crippen molar-refractivity contribution in [2.24, 2.45) is 7.05 Å². The summed E-state index contributed by atoms with van der Waals surface area (Å²) in [5, 5.41) is 0.406. The van der Waals surface area contributed by atoms with Crippen LogP contribution in [0, 0.1) is 5.82 Å². The first-order chi connectivity index (χ1) is 14.0. The molecule has 2 aromatic carbocycles. The molecule has 0 bridgehead atoms. The van der Waals surface area contributed by atoms with Gasteiger partial charge in [0.15, 0.2) is 0 Å². The molecule has 4 rings (SSSR count). The van der Waals surface area contributed by atoms with Gasteiger partial charge in [0.05, 0.1) is 10.9 Å². The standard InChI is InChI=1S/C21H21FN4O3/c1-23-20(28)17-4-2-3-5-18(17)26(21(23)29)14-19(27)25-12-10-24(11-13-25)16-8-6-15(22)7-9-16/h2-9H,10-14H2,1H3. The Morgan fingerprint density at radius 3 is 2.31 bits per heavy atom. The van der Waals surface area contributed by atoms with E-state index in [0.717, 1.165) is 10.3 Å². The van der Waals surface area contributed by atoms with E-state index in [0.29, 0.717) is 37.1 Å². The van der Waals surface area contributed by atoms with Gasteiger partial charge in [-0.1, -0.05) is 12.1 Å². The fraction of sp³-hybridized carbons (Fsp3) is 0.286. The van der Waals surface area contributed by atoms with Crippen LogP contribution in [0.2, 0.25) is 0 Å². The summed E-state index contributed by atoms with van der Waals surface area (Å²) in [4.78, 5) is 41.6. The monoisotopic (exact) mass is 396 g/mol. The van der Waals surface area contributed by atoms with Crippen molar-refractivity contribution in [2.75, 3.05) is 31.1 Å². The number of nitrogens with zero attached hydrogens (tertiary/aromatic N) is 4. The molecule has 0 unspecified atom stereocenters. The van der Waals surface area contributed by atoms with E-state index in [1.807, 2.05) is 0 Å². The Kier molecular flexibility index (Phi) is 4.92. The Morgan fingerprint density at radius 2 is 1.62 bits per heavy atom. The van der Waals surface area contributed by atoms with Crippen LogP contribution in [0.1, 0.15) is 0 Å². The number of rotatable bonds is 3. The van der Waals surface area contributed by atoms with Crippen molar-refractivity contribution < 1.29 is 9.18 Å². The molecule has 1 aliphatic rings. The number of halogens is 1. The highest BCUT2D eigenvalue weighted by Crippen LogP contribution is 2.17. The number of anilines is 1. The maximum Gasteiger partial charge on any atom is 0.331 e. The summed E-state index contributed by atoms with van der Waals surface area (Å²) in [6.45, 7) is 2.15. The maximum atomic E-state index is 13.1. The minimum absolute atomic E-state index is 0.121. The first-order valence-electron chi connectivity index (χ1n) is 9.42. The Morgan fingerprint density at radius 1 is 0.966 bits per heavy atom. The molecule has 1 fully saturated rings. The fourth-order valence-corrected chi connectivity index (χ4v) is 3.70. The van der Waals surface area contributed by atoms with Crippen molar-refractivity contribution in [2.45, 2.75) is 6.54 Å². The Labute approximate surface area is 166 Å². The summed E-state index contributed by atoms with van der Waals surface area (Å²) in [6, 6.07) is 13.1. The molecule has 0 N–H and O–H groups in total. The molecule has 1 aliphatic heterocycles. The van der Waals surface area contributed by atoms with Gasteiger partial charge in [0.2, 0.25) is 5.91 Å². The molecule has 2 heterocycles. The summed E-state index contributed by atoms with van der Waals surface area (Å²) >= 11 is 0. The van der Waals surface area contributed by atoms with Crippen molar-refractivity contribution in [3.8, 4) is 0 Å². The van der Waals surface area contributed by atoms with Gasteiger partial charge >= 0.3 is 5.69 Å². The third-order valence-corrected chi connectivity index (χ3v) is 5.37. The molecule has 0 saturated carbocycles. The van der Waals surface area contributed by atoms with Gasteiger partial charge in [0.1, 0.15) is 12.4 Å². The highest BCUT2D eigenvalue weighted by molar-refractivity contribution is 5.81. The highest BCUT2D eigenvalue weighted by atomic mass is 19.1. The molecule has 0 spiro atoms. The van der Waals surface area contributed by atoms with E-state index >= 15 is 0 Å². The molecule has 8 heteroatoms. The van der Waals surface area contributed by atoms with Gasteiger partial charge in [-0.2, -0.15) is 0 Å². The van der Waals surface area contributed by atoms with Gasteiger partial charge in [0.25, 0.3) is 5.56 Å². The maximum absolute atomic E-state index is 13.1. The van der Waals surface area contributed by atoms with E-state index in [9.17, 15) is 18.8 Å². The summed E-state index contributed by atoms with van der Waals surface area (Å²) in [7, 11) is 1.42. The fourth-order valence-electron chi connectivity index (χ4n) is 3.70. The van der Waals surface area contributed by atoms with Gasteiger partial charge < -0.3 is 9.80 Å². The average molecular weight is 396 g/mol. The lowest BCUT2D eigenvalue weighted by molar-refractivity contribution is -0.132. The lowest BCUT2D eigenvalue weighted by Gasteiger charge is -2.36. The average Bonchev–Trinajstić information content (AvgIpc) is 2.75. The van der Waals surface area contributed by atoms with Crippen LogP contribution >= 0.6 is 0 Å². The van der Waals surface area contributed by atoms with E-state index in [-0.39, 0.29) is 23.8 Å². The zero-order valence-electron chi connectivity index (χ0n) is 16.0. The lowest BCUT2D eigenvalue weighted by Crippen LogP contribution is -2.50. The van der Waals surface area contributed by atoms with Crippen LogP contribution in [0.5, 0.6) is 0 Å². The van der Waals surface area contributed by atoms with Crippen LogP contribution in [0.25, 0.3) is 10.9 Å². The smallest absolute Gasteiger partial charge is 0.331 e. The number of carbonyl (C=O) groups excluding carboxylic acids is 1. The number of benzene rings is 2. The number of aromatic nitrogens is 2.